The lowest BCUT2D eigenvalue weighted by Gasteiger charge is -2.38. The van der Waals surface area contributed by atoms with Gasteiger partial charge < -0.3 is 35.1 Å². The Morgan fingerprint density at radius 1 is 0.878 bits per heavy atom. The standard InChI is InChI=1S/C37H37N5O7/c1-46-30-20-18-29(19-21-30)37(27-14-7-3-8-15-27,28-16-9-4-10-17-28)42-33(43)31-32(40-34(42)38)41(25-39-31)35(44)47-22-11-23-48-36(45)49-24-26-12-5-2-6-13-26/h2-10,12-21,35,39,44H,11,22-25H2,1H3,(H2,38,40). The fourth-order valence-corrected chi connectivity index (χ4v) is 5.96. The van der Waals surface area contributed by atoms with Crippen molar-refractivity contribution in [3.05, 3.63) is 148 Å². The lowest BCUT2D eigenvalue weighted by molar-refractivity contribution is -0.101. The number of nitrogens with one attached hydrogen (secondary N) is 1. The number of rotatable bonds is 13. The van der Waals surface area contributed by atoms with Crippen molar-refractivity contribution in [2.24, 2.45) is 0 Å². The first kappa shape index (κ1) is 33.1. The van der Waals surface area contributed by atoms with Gasteiger partial charge in [0, 0.05) is 6.42 Å². The number of aliphatic hydroxyl groups is 1. The number of methoxy groups -OCH3 is 1. The number of carbonyl (C=O) groups is 1. The molecule has 4 aromatic carbocycles. The monoisotopic (exact) mass is 663 g/mol. The van der Waals surface area contributed by atoms with E-state index in [1.165, 1.54) is 9.47 Å². The van der Waals surface area contributed by atoms with Crippen LogP contribution in [0.1, 0.15) is 28.7 Å². The van der Waals surface area contributed by atoms with Gasteiger partial charge in [-0.3, -0.25) is 14.3 Å². The number of carbonyl (C=O) groups excluding carboxylic acids is 1. The molecule has 12 nitrogen and oxygen atoms in total. The Balaban J connectivity index is 1.24. The van der Waals surface area contributed by atoms with Gasteiger partial charge in [-0.15, -0.1) is 0 Å². The summed E-state index contributed by atoms with van der Waals surface area (Å²) in [5, 5.41) is 14.0. The molecule has 49 heavy (non-hydrogen) atoms. The van der Waals surface area contributed by atoms with Crippen LogP contribution in [0.3, 0.4) is 0 Å². The minimum Gasteiger partial charge on any atom is -0.497 e. The Morgan fingerprint density at radius 2 is 1.47 bits per heavy atom. The van der Waals surface area contributed by atoms with Gasteiger partial charge in [0.05, 0.1) is 27.0 Å². The number of aliphatic hydroxyl groups excluding tert-OH is 1. The van der Waals surface area contributed by atoms with Crippen molar-refractivity contribution in [3.8, 4) is 5.75 Å². The molecule has 12 heteroatoms. The molecule has 0 bridgehead atoms. The normalized spacial score (nSPS) is 12.9. The van der Waals surface area contributed by atoms with Gasteiger partial charge in [-0.05, 0) is 34.4 Å². The zero-order chi connectivity index (χ0) is 34.2. The van der Waals surface area contributed by atoms with Crippen LogP contribution in [0.15, 0.2) is 120 Å². The van der Waals surface area contributed by atoms with Crippen LogP contribution in [0.5, 0.6) is 5.75 Å². The number of nitrogens with two attached hydrogens (primary N) is 1. The van der Waals surface area contributed by atoms with E-state index < -0.39 is 23.7 Å². The van der Waals surface area contributed by atoms with Crippen LogP contribution in [-0.4, -0.2) is 54.2 Å². The van der Waals surface area contributed by atoms with Crippen molar-refractivity contribution in [1.29, 1.82) is 0 Å². The molecule has 252 valence electrons. The highest BCUT2D eigenvalue weighted by atomic mass is 16.7. The second-order valence-corrected chi connectivity index (χ2v) is 11.2. The van der Waals surface area contributed by atoms with Gasteiger partial charge in [-0.25, -0.2) is 4.79 Å². The second kappa shape index (κ2) is 14.9. The number of aromatic nitrogens is 2. The number of anilines is 3. The molecule has 0 radical (unpaired) electrons. The molecule has 0 spiro atoms. The van der Waals surface area contributed by atoms with Crippen LogP contribution in [0, 0.1) is 0 Å². The third-order valence-corrected chi connectivity index (χ3v) is 8.26. The van der Waals surface area contributed by atoms with Gasteiger partial charge in [0.1, 0.15) is 23.6 Å². The topological polar surface area (TPSA) is 150 Å². The number of benzene rings is 4. The first-order valence-corrected chi connectivity index (χ1v) is 15.8. The maximum absolute atomic E-state index is 14.6. The third kappa shape index (κ3) is 6.77. The van der Waals surface area contributed by atoms with E-state index in [2.05, 4.69) is 10.3 Å². The van der Waals surface area contributed by atoms with Gasteiger partial charge in [-0.2, -0.15) is 4.98 Å². The molecule has 0 fully saturated rings. The quantitative estimate of drug-likeness (QED) is 0.0683. The minimum atomic E-state index is -1.46. The summed E-state index contributed by atoms with van der Waals surface area (Å²) in [6.45, 7) is 0.217. The van der Waals surface area contributed by atoms with Crippen LogP contribution in [0.4, 0.5) is 22.2 Å². The number of nitrogen functional groups attached to an aromatic ring is 1. The van der Waals surface area contributed by atoms with Crippen molar-refractivity contribution >= 4 is 23.6 Å². The van der Waals surface area contributed by atoms with Crippen LogP contribution in [0.25, 0.3) is 0 Å². The third-order valence-electron chi connectivity index (χ3n) is 8.26. The number of fused-ring (bicyclic) bond motifs is 1. The molecule has 0 saturated carbocycles. The van der Waals surface area contributed by atoms with Crippen LogP contribution >= 0.6 is 0 Å². The molecule has 1 aliphatic rings. The highest BCUT2D eigenvalue weighted by Gasteiger charge is 2.43. The molecule has 5 aromatic rings. The molecule has 4 N–H and O–H groups in total. The fraction of sp³-hybridized carbons (Fsp3) is 0.216. The summed E-state index contributed by atoms with van der Waals surface area (Å²) in [6, 6.07) is 36.0. The van der Waals surface area contributed by atoms with E-state index in [0.29, 0.717) is 12.2 Å². The van der Waals surface area contributed by atoms with E-state index >= 15 is 0 Å². The van der Waals surface area contributed by atoms with Crippen molar-refractivity contribution in [2.45, 2.75) is 25.0 Å². The van der Waals surface area contributed by atoms with Crippen LogP contribution in [0.2, 0.25) is 0 Å². The average Bonchev–Trinajstić information content (AvgIpc) is 3.57. The summed E-state index contributed by atoms with van der Waals surface area (Å²) in [7, 11) is 1.59. The van der Waals surface area contributed by atoms with Crippen molar-refractivity contribution in [1.82, 2.24) is 9.55 Å². The van der Waals surface area contributed by atoms with Gasteiger partial charge in [0.25, 0.3) is 5.56 Å². The minimum absolute atomic E-state index is 0.0253. The highest BCUT2D eigenvalue weighted by molar-refractivity contribution is 5.72. The molecule has 1 aliphatic heterocycles. The smallest absolute Gasteiger partial charge is 0.497 e. The first-order chi connectivity index (χ1) is 23.9. The van der Waals surface area contributed by atoms with E-state index in [0.717, 1.165) is 22.3 Å². The number of hydrogen-bond acceptors (Lipinski definition) is 11. The summed E-state index contributed by atoms with van der Waals surface area (Å²) >= 11 is 0. The summed E-state index contributed by atoms with van der Waals surface area (Å²) in [4.78, 5) is 32.6. The first-order valence-electron chi connectivity index (χ1n) is 15.8. The fourth-order valence-electron chi connectivity index (χ4n) is 5.96. The molecule has 0 saturated heterocycles. The second-order valence-electron chi connectivity index (χ2n) is 11.2. The summed E-state index contributed by atoms with van der Waals surface area (Å²) in [5.41, 5.74) is 8.38. The lowest BCUT2D eigenvalue weighted by atomic mass is 9.76. The highest BCUT2D eigenvalue weighted by Crippen LogP contribution is 2.43. The largest absolute Gasteiger partial charge is 0.508 e. The molecule has 1 unspecified atom stereocenters. The van der Waals surface area contributed by atoms with Crippen molar-refractivity contribution in [2.75, 3.05) is 42.9 Å². The lowest BCUT2D eigenvalue weighted by Crippen LogP contribution is -2.46. The van der Waals surface area contributed by atoms with Gasteiger partial charge >= 0.3 is 6.16 Å². The predicted octanol–water partition coefficient (Wildman–Crippen LogP) is 4.90. The molecular weight excluding hydrogens is 626 g/mol. The Kier molecular flexibility index (Phi) is 10.1. The van der Waals surface area contributed by atoms with E-state index in [4.69, 9.17) is 24.7 Å². The molecule has 2 heterocycles. The number of nitrogens with zero attached hydrogens (tertiary/aromatic N) is 3. The van der Waals surface area contributed by atoms with Crippen LogP contribution in [-0.2, 0) is 26.4 Å². The zero-order valence-electron chi connectivity index (χ0n) is 26.9. The maximum atomic E-state index is 14.6. The van der Waals surface area contributed by atoms with E-state index in [-0.39, 0.29) is 43.9 Å². The Bertz CT molecular complexity index is 1870. The average molecular weight is 664 g/mol. The molecule has 6 rings (SSSR count). The molecule has 0 amide bonds. The van der Waals surface area contributed by atoms with Gasteiger partial charge in [0.2, 0.25) is 12.4 Å². The van der Waals surface area contributed by atoms with Crippen molar-refractivity contribution in [3.63, 3.8) is 0 Å². The number of hydrogen-bond donors (Lipinski definition) is 3. The zero-order valence-corrected chi connectivity index (χ0v) is 26.9. The van der Waals surface area contributed by atoms with Crippen molar-refractivity contribution < 1.29 is 28.8 Å². The summed E-state index contributed by atoms with van der Waals surface area (Å²) < 4.78 is 22.7. The Hall–Kier alpha value is -5.85. The molecular formula is C37H37N5O7. The van der Waals surface area contributed by atoms with E-state index in [1.807, 2.05) is 115 Å². The molecule has 1 atom stereocenters. The summed E-state index contributed by atoms with van der Waals surface area (Å²) in [6.07, 6.45) is -1.97. The van der Waals surface area contributed by atoms with E-state index in [1.54, 1.807) is 7.11 Å². The molecule has 1 aromatic heterocycles. The van der Waals surface area contributed by atoms with Gasteiger partial charge in [0.15, 0.2) is 5.82 Å². The van der Waals surface area contributed by atoms with Crippen LogP contribution < -0.4 is 26.2 Å². The SMILES string of the molecule is COc1ccc(C(c2ccccc2)(c2ccccc2)n2c(N)nc3c(c2=O)NCN3C(O)OCCCOC(=O)OCc2ccccc2)cc1. The van der Waals surface area contributed by atoms with E-state index in [9.17, 15) is 14.7 Å². The Morgan fingerprint density at radius 3 is 2.08 bits per heavy atom. The maximum Gasteiger partial charge on any atom is 0.508 e. The summed E-state index contributed by atoms with van der Waals surface area (Å²) in [5.74, 6) is 0.736. The molecule has 0 aliphatic carbocycles. The Labute approximate surface area is 283 Å². The predicted molar refractivity (Wildman–Crippen MR) is 184 cm³/mol. The number of ether oxygens (including phenoxy) is 4. The van der Waals surface area contributed by atoms with Gasteiger partial charge in [-0.1, -0.05) is 103 Å².